The van der Waals surface area contributed by atoms with Gasteiger partial charge in [0.05, 0.1) is 0 Å². The van der Waals surface area contributed by atoms with Gasteiger partial charge in [0.2, 0.25) is 0 Å². The average Bonchev–Trinajstić information content (AvgIpc) is 0. The Labute approximate surface area is 108 Å². The zero-order valence-electron chi connectivity index (χ0n) is 8.17. The van der Waals surface area contributed by atoms with E-state index < -0.39 is 0 Å². The maximum Gasteiger partial charge on any atom is 2.00 e. The van der Waals surface area contributed by atoms with Crippen LogP contribution in [0.2, 0.25) is 0 Å². The van der Waals surface area contributed by atoms with Gasteiger partial charge in [-0.15, -0.1) is 0 Å². The van der Waals surface area contributed by atoms with Crippen LogP contribution in [0.3, 0.4) is 0 Å². The first kappa shape index (κ1) is 64.2. The molecule has 0 bridgehead atoms. The average molecular weight is 121 g/mol. The van der Waals surface area contributed by atoms with Crippen LogP contribution >= 0.6 is 0 Å². The quantitative estimate of drug-likeness (QED) is 0.279. The van der Waals surface area contributed by atoms with Gasteiger partial charge in [0.25, 0.3) is 0 Å². The number of rotatable bonds is 0. The second kappa shape index (κ2) is 43.7. The summed E-state index contributed by atoms with van der Waals surface area (Å²) in [6.45, 7) is 0. The zero-order chi connectivity index (χ0) is 0. The molecule has 0 aliphatic rings. The van der Waals surface area contributed by atoms with Crippen LogP contribution in [0.5, 0.6) is 0 Å². The molecule has 6 heteroatoms. The van der Waals surface area contributed by atoms with Gasteiger partial charge in [-0.3, -0.25) is 0 Å². The van der Waals surface area contributed by atoms with Gasteiger partial charge in [0.15, 0.2) is 0 Å². The fraction of sp³-hybridized carbons (Fsp3) is 0. The van der Waals surface area contributed by atoms with Crippen molar-refractivity contribution in [3.05, 3.63) is 0 Å². The van der Waals surface area contributed by atoms with Gasteiger partial charge in [-0.25, -0.2) is 0 Å². The summed E-state index contributed by atoms with van der Waals surface area (Å²) in [5.41, 5.74) is 0. The molecule has 0 saturated heterocycles. The molecular weight excluding hydrogens is 117 g/mol. The molecule has 0 aliphatic heterocycles. The van der Waals surface area contributed by atoms with Crippen LogP contribution in [0, 0.1) is 0 Å². The molecule has 0 N–H and O–H groups in total. The third kappa shape index (κ3) is 28.1. The minimum Gasteiger partial charge on any atom is -1.00 e. The van der Waals surface area contributed by atoms with Crippen molar-refractivity contribution in [1.29, 1.82) is 0 Å². The molecule has 0 nitrogen and oxygen atoms in total. The molecule has 6 heavy (non-hydrogen) atoms. The van der Waals surface area contributed by atoms with Crippen molar-refractivity contribution < 1.29 is 63.5 Å². The van der Waals surface area contributed by atoms with E-state index in [1.54, 1.807) is 0 Å². The Morgan fingerprint density at radius 3 is 0.833 bits per heavy atom. The summed E-state index contributed by atoms with van der Waals surface area (Å²) < 4.78 is 0. The van der Waals surface area contributed by atoms with Crippen LogP contribution in [0.4, 0.5) is 0 Å². The SMILES string of the molecule is [F-].[F-].[H-].[H-].[H-].[H-].[Li+].[Mg+2].[Mg+2].[Na+]. The Balaban J connectivity index is 0. The second-order valence-electron chi connectivity index (χ2n) is 0. The number of halogens is 2. The molecule has 0 fully saturated rings. The molecule has 0 aromatic rings. The normalized spacial score (nSPS) is 0. The van der Waals surface area contributed by atoms with Crippen LogP contribution in [0.1, 0.15) is 5.71 Å². The van der Waals surface area contributed by atoms with Gasteiger partial charge in [0, 0.05) is 0 Å². The van der Waals surface area contributed by atoms with Gasteiger partial charge in [-0.2, -0.15) is 0 Å². The van der Waals surface area contributed by atoms with E-state index >= 15 is 0 Å². The van der Waals surface area contributed by atoms with Crippen LogP contribution in [0.25, 0.3) is 0 Å². The maximum absolute atomic E-state index is 0. The van der Waals surface area contributed by atoms with Crippen LogP contribution in [0.15, 0.2) is 0 Å². The fourth-order valence-corrected chi connectivity index (χ4v) is 0. The minimum atomic E-state index is 0. The smallest absolute Gasteiger partial charge is 1.00 e. The summed E-state index contributed by atoms with van der Waals surface area (Å²) in [7, 11) is 0. The molecule has 0 aromatic heterocycles. The van der Waals surface area contributed by atoms with Gasteiger partial charge >= 0.3 is 94.5 Å². The summed E-state index contributed by atoms with van der Waals surface area (Å²) >= 11 is 0. The molecule has 0 heterocycles. The molecule has 24 valence electrons. The molecule has 0 aromatic carbocycles. The van der Waals surface area contributed by atoms with E-state index in [0.29, 0.717) is 0 Å². The van der Waals surface area contributed by atoms with Gasteiger partial charge < -0.3 is 15.1 Å². The van der Waals surface area contributed by atoms with Crippen molar-refractivity contribution >= 4 is 46.1 Å². The van der Waals surface area contributed by atoms with Crippen molar-refractivity contribution in [2.24, 2.45) is 0 Å². The summed E-state index contributed by atoms with van der Waals surface area (Å²) in [5, 5.41) is 0. The van der Waals surface area contributed by atoms with Crippen LogP contribution < -0.4 is 57.8 Å². The van der Waals surface area contributed by atoms with Crippen molar-refractivity contribution in [2.75, 3.05) is 0 Å². The first-order valence-corrected chi connectivity index (χ1v) is 0. The Kier molecular flexibility index (Phi) is 467. The monoisotopic (exact) mass is 120 g/mol. The van der Waals surface area contributed by atoms with E-state index in [0.717, 1.165) is 0 Å². The number of hydrogen-bond donors (Lipinski definition) is 0. The predicted molar refractivity (Wildman–Crippen MR) is 16.0 cm³/mol. The number of hydrogen-bond acceptors (Lipinski definition) is 0. The standard InChI is InChI=1S/2FH.Li.2Mg.Na.4H/h2*1H;;;;;;;;/q;;+1;2*+2;+1;4*-1/p-2. The first-order chi connectivity index (χ1) is 0. The Morgan fingerprint density at radius 1 is 0.833 bits per heavy atom. The van der Waals surface area contributed by atoms with Crippen molar-refractivity contribution in [3.63, 3.8) is 0 Å². The molecule has 0 aliphatic carbocycles. The van der Waals surface area contributed by atoms with Crippen LogP contribution in [-0.4, -0.2) is 46.1 Å². The van der Waals surface area contributed by atoms with Crippen molar-refractivity contribution in [1.82, 2.24) is 0 Å². The third-order valence-corrected chi connectivity index (χ3v) is 0. The zero-order valence-corrected chi connectivity index (χ0v) is 9.00. The van der Waals surface area contributed by atoms with Crippen molar-refractivity contribution in [3.8, 4) is 0 Å². The maximum atomic E-state index is 0. The van der Waals surface area contributed by atoms with E-state index in [2.05, 4.69) is 0 Å². The van der Waals surface area contributed by atoms with Gasteiger partial charge in [-0.1, -0.05) is 0 Å². The Bertz CT molecular complexity index is 21.2. The van der Waals surface area contributed by atoms with E-state index in [-0.39, 0.29) is 110 Å². The largest absolute Gasteiger partial charge is 2.00 e. The van der Waals surface area contributed by atoms with Gasteiger partial charge in [-0.05, 0) is 0 Å². The molecule has 0 saturated carbocycles. The summed E-state index contributed by atoms with van der Waals surface area (Å²) in [6.07, 6.45) is 0. The second-order valence-corrected chi connectivity index (χ2v) is 0. The molecule has 0 atom stereocenters. The first-order valence-electron chi connectivity index (χ1n) is 0. The van der Waals surface area contributed by atoms with E-state index in [1.807, 2.05) is 0 Å². The summed E-state index contributed by atoms with van der Waals surface area (Å²) in [6, 6.07) is 0. The molecule has 0 amide bonds. The van der Waals surface area contributed by atoms with Gasteiger partial charge in [0.1, 0.15) is 0 Å². The fourth-order valence-electron chi connectivity index (χ4n) is 0. The molecule has 0 radical (unpaired) electrons. The Hall–Kier alpha value is 2.99. The molecule has 0 unspecified atom stereocenters. The Morgan fingerprint density at radius 2 is 0.833 bits per heavy atom. The minimum absolute atomic E-state index is 0. The molecule has 0 rings (SSSR count). The topological polar surface area (TPSA) is 0 Å². The molecule has 0 spiro atoms. The third-order valence-electron chi connectivity index (χ3n) is 0. The summed E-state index contributed by atoms with van der Waals surface area (Å²) in [4.78, 5) is 0. The van der Waals surface area contributed by atoms with E-state index in [1.165, 1.54) is 0 Å². The van der Waals surface area contributed by atoms with E-state index in [9.17, 15) is 0 Å². The molecular formula is H4F2LiMg2Na. The van der Waals surface area contributed by atoms with Crippen LogP contribution in [-0.2, 0) is 0 Å². The predicted octanol–water partition coefficient (Wildman–Crippen LogP) is -12.3. The van der Waals surface area contributed by atoms with E-state index in [4.69, 9.17) is 0 Å². The summed E-state index contributed by atoms with van der Waals surface area (Å²) in [5.74, 6) is 0. The van der Waals surface area contributed by atoms with Crippen molar-refractivity contribution in [2.45, 2.75) is 0 Å².